The van der Waals surface area contributed by atoms with Crippen molar-refractivity contribution in [2.45, 2.75) is 69.2 Å². The Morgan fingerprint density at radius 1 is 1.26 bits per heavy atom. The maximum absolute atomic E-state index is 13.7. The fraction of sp³-hybridized carbons (Fsp3) is 0.520. The van der Waals surface area contributed by atoms with Crippen molar-refractivity contribution < 1.29 is 28.5 Å². The van der Waals surface area contributed by atoms with Crippen LogP contribution in [0.5, 0.6) is 5.88 Å². The SMILES string of the molecule is CCc1cnc2c(c1)[C@@H](NC[C@@H](O)[C@H](Cc1cc(F)cc(F)c1)N(C)C(=O)O)CC1(CCC1)O2. The van der Waals surface area contributed by atoms with E-state index in [-0.39, 0.29) is 30.2 Å². The number of aryl methyl sites for hydroxylation is 1. The van der Waals surface area contributed by atoms with Crippen LogP contribution in [-0.4, -0.2) is 57.5 Å². The minimum absolute atomic E-state index is 0.0316. The minimum Gasteiger partial charge on any atom is -0.471 e. The molecule has 3 atom stereocenters. The minimum atomic E-state index is -1.23. The molecule has 1 aliphatic heterocycles. The van der Waals surface area contributed by atoms with Crippen molar-refractivity contribution in [3.05, 3.63) is 58.8 Å². The number of ether oxygens (including phenoxy) is 1. The molecule has 184 valence electrons. The summed E-state index contributed by atoms with van der Waals surface area (Å²) in [6.07, 6.45) is 3.98. The highest BCUT2D eigenvalue weighted by Crippen LogP contribution is 2.48. The van der Waals surface area contributed by atoms with Crippen LogP contribution < -0.4 is 10.1 Å². The Kier molecular flexibility index (Phi) is 7.04. The van der Waals surface area contributed by atoms with Crippen LogP contribution in [-0.2, 0) is 12.8 Å². The molecular weight excluding hydrogens is 444 g/mol. The molecule has 3 N–H and O–H groups in total. The van der Waals surface area contributed by atoms with Crippen molar-refractivity contribution in [3.63, 3.8) is 0 Å². The maximum atomic E-state index is 13.7. The van der Waals surface area contributed by atoms with Crippen molar-refractivity contribution in [1.82, 2.24) is 15.2 Å². The van der Waals surface area contributed by atoms with Crippen LogP contribution in [0.3, 0.4) is 0 Å². The second kappa shape index (κ2) is 9.84. The predicted molar refractivity (Wildman–Crippen MR) is 122 cm³/mol. The van der Waals surface area contributed by atoms with Gasteiger partial charge in [0.1, 0.15) is 17.2 Å². The Hall–Kier alpha value is -2.78. The van der Waals surface area contributed by atoms with Gasteiger partial charge >= 0.3 is 6.09 Å². The van der Waals surface area contributed by atoms with Gasteiger partial charge in [0.05, 0.1) is 12.1 Å². The van der Waals surface area contributed by atoms with E-state index in [1.807, 2.05) is 13.1 Å². The Bertz CT molecular complexity index is 1030. The molecule has 0 saturated heterocycles. The molecule has 1 aromatic carbocycles. The van der Waals surface area contributed by atoms with Crippen LogP contribution in [0.4, 0.5) is 13.6 Å². The number of carbonyl (C=O) groups is 1. The molecule has 1 spiro atoms. The van der Waals surface area contributed by atoms with E-state index in [1.165, 1.54) is 7.05 Å². The number of hydrogen-bond acceptors (Lipinski definition) is 5. The smallest absolute Gasteiger partial charge is 0.407 e. The van der Waals surface area contributed by atoms with Gasteiger partial charge in [-0.2, -0.15) is 0 Å². The quantitative estimate of drug-likeness (QED) is 0.537. The summed E-state index contributed by atoms with van der Waals surface area (Å²) in [5.74, 6) is -0.893. The molecule has 2 aliphatic rings. The third-order valence-corrected chi connectivity index (χ3v) is 7.06. The number of benzene rings is 1. The zero-order valence-corrected chi connectivity index (χ0v) is 19.4. The van der Waals surface area contributed by atoms with Gasteiger partial charge < -0.3 is 25.2 Å². The summed E-state index contributed by atoms with van der Waals surface area (Å²) < 4.78 is 33.6. The van der Waals surface area contributed by atoms with E-state index in [0.717, 1.165) is 66.3 Å². The lowest BCUT2D eigenvalue weighted by molar-refractivity contribution is -0.0425. The molecule has 2 aromatic rings. The third-order valence-electron chi connectivity index (χ3n) is 7.06. The summed E-state index contributed by atoms with van der Waals surface area (Å²) in [7, 11) is 1.34. The summed E-state index contributed by atoms with van der Waals surface area (Å²) in [6, 6.07) is 4.12. The largest absolute Gasteiger partial charge is 0.471 e. The summed E-state index contributed by atoms with van der Waals surface area (Å²) >= 11 is 0. The standard InChI is InChI=1S/C25H31F2N3O4/c1-3-15-9-19-20(12-25(5-4-6-25)34-23(19)29-13-15)28-14-22(31)21(30(2)24(32)33)10-16-7-17(26)11-18(27)8-16/h7-9,11,13,20-22,28,31H,3-6,10,12,14H2,1-2H3,(H,32,33)/t20-,21-,22+/m0/s1. The molecule has 34 heavy (non-hydrogen) atoms. The van der Waals surface area contributed by atoms with Gasteiger partial charge in [-0.05, 0) is 61.4 Å². The molecule has 0 radical (unpaired) electrons. The highest BCUT2D eigenvalue weighted by molar-refractivity contribution is 5.65. The van der Waals surface area contributed by atoms with E-state index < -0.39 is 29.9 Å². The van der Waals surface area contributed by atoms with Gasteiger partial charge in [0.2, 0.25) is 5.88 Å². The Morgan fingerprint density at radius 2 is 1.97 bits per heavy atom. The number of aliphatic hydroxyl groups excluding tert-OH is 1. The van der Waals surface area contributed by atoms with Crippen LogP contribution in [0.2, 0.25) is 0 Å². The highest BCUT2D eigenvalue weighted by Gasteiger charge is 2.46. The zero-order valence-electron chi connectivity index (χ0n) is 19.4. The van der Waals surface area contributed by atoms with Gasteiger partial charge in [-0.15, -0.1) is 0 Å². The number of amides is 1. The number of hydrogen-bond donors (Lipinski definition) is 3. The van der Waals surface area contributed by atoms with Crippen molar-refractivity contribution in [2.24, 2.45) is 0 Å². The molecule has 4 rings (SSSR count). The second-order valence-corrected chi connectivity index (χ2v) is 9.41. The van der Waals surface area contributed by atoms with E-state index >= 15 is 0 Å². The van der Waals surface area contributed by atoms with Crippen LogP contribution in [0.1, 0.15) is 55.3 Å². The molecule has 1 amide bonds. The number of aliphatic hydroxyl groups is 1. The summed E-state index contributed by atoms with van der Waals surface area (Å²) in [6.45, 7) is 2.14. The number of nitrogens with zero attached hydrogens (tertiary/aromatic N) is 2. The second-order valence-electron chi connectivity index (χ2n) is 9.41. The summed E-state index contributed by atoms with van der Waals surface area (Å²) in [5.41, 5.74) is 2.03. The number of rotatable bonds is 8. The van der Waals surface area contributed by atoms with Crippen LogP contribution in [0, 0.1) is 11.6 Å². The Morgan fingerprint density at radius 3 is 2.56 bits per heavy atom. The molecule has 7 nitrogen and oxygen atoms in total. The fourth-order valence-corrected chi connectivity index (χ4v) is 4.87. The molecule has 1 fully saturated rings. The molecule has 0 bridgehead atoms. The van der Waals surface area contributed by atoms with Gasteiger partial charge in [-0.3, -0.25) is 0 Å². The van der Waals surface area contributed by atoms with E-state index in [0.29, 0.717) is 5.88 Å². The molecule has 9 heteroatoms. The molecular formula is C25H31F2N3O4. The normalized spacial score (nSPS) is 20.1. The first-order chi connectivity index (χ1) is 16.2. The maximum Gasteiger partial charge on any atom is 0.407 e. The van der Waals surface area contributed by atoms with Gasteiger partial charge in [-0.1, -0.05) is 6.92 Å². The zero-order chi connectivity index (χ0) is 24.5. The number of halogens is 2. The van der Waals surface area contributed by atoms with E-state index in [4.69, 9.17) is 4.74 Å². The fourth-order valence-electron chi connectivity index (χ4n) is 4.87. The first kappa shape index (κ1) is 24.3. The topological polar surface area (TPSA) is 94.9 Å². The van der Waals surface area contributed by atoms with Crippen LogP contribution >= 0.6 is 0 Å². The van der Waals surface area contributed by atoms with Gasteiger partial charge in [0.15, 0.2) is 0 Å². The lowest BCUT2D eigenvalue weighted by atomic mass is 9.73. The predicted octanol–water partition coefficient (Wildman–Crippen LogP) is 3.84. The van der Waals surface area contributed by atoms with Crippen molar-refractivity contribution in [1.29, 1.82) is 0 Å². The number of pyridine rings is 1. The van der Waals surface area contributed by atoms with Crippen molar-refractivity contribution in [3.8, 4) is 5.88 Å². The van der Waals surface area contributed by atoms with E-state index in [9.17, 15) is 23.8 Å². The molecule has 1 aliphatic carbocycles. The van der Waals surface area contributed by atoms with Gasteiger partial charge in [0, 0.05) is 43.9 Å². The third kappa shape index (κ3) is 5.15. The summed E-state index contributed by atoms with van der Waals surface area (Å²) in [5, 5.41) is 23.9. The molecule has 2 heterocycles. The number of aromatic nitrogens is 1. The van der Waals surface area contributed by atoms with Crippen molar-refractivity contribution in [2.75, 3.05) is 13.6 Å². The monoisotopic (exact) mass is 475 g/mol. The van der Waals surface area contributed by atoms with E-state index in [2.05, 4.69) is 16.4 Å². The average molecular weight is 476 g/mol. The van der Waals surface area contributed by atoms with Crippen molar-refractivity contribution >= 4 is 6.09 Å². The van der Waals surface area contributed by atoms with Crippen LogP contribution in [0.15, 0.2) is 30.5 Å². The van der Waals surface area contributed by atoms with E-state index in [1.54, 1.807) is 0 Å². The lowest BCUT2D eigenvalue weighted by Crippen LogP contribution is -2.52. The number of nitrogens with one attached hydrogen (secondary N) is 1. The number of carboxylic acid groups (broad SMARTS) is 1. The van der Waals surface area contributed by atoms with Gasteiger partial charge in [0.25, 0.3) is 0 Å². The number of fused-ring (bicyclic) bond motifs is 1. The molecule has 1 saturated carbocycles. The first-order valence-corrected chi connectivity index (χ1v) is 11.7. The molecule has 1 aromatic heterocycles. The number of likely N-dealkylation sites (N-methyl/N-ethyl adjacent to an activating group) is 1. The highest BCUT2D eigenvalue weighted by atomic mass is 19.1. The molecule has 0 unspecified atom stereocenters. The van der Waals surface area contributed by atoms with Gasteiger partial charge in [-0.25, -0.2) is 18.6 Å². The first-order valence-electron chi connectivity index (χ1n) is 11.7. The summed E-state index contributed by atoms with van der Waals surface area (Å²) in [4.78, 5) is 17.2. The Balaban J connectivity index is 1.52. The van der Waals surface area contributed by atoms with Crippen LogP contribution in [0.25, 0.3) is 0 Å². The average Bonchev–Trinajstić information content (AvgIpc) is 2.78. The lowest BCUT2D eigenvalue weighted by Gasteiger charge is -2.47. The Labute approximate surface area is 197 Å².